The van der Waals surface area contributed by atoms with Gasteiger partial charge in [0.05, 0.1) is 39.5 Å². The van der Waals surface area contributed by atoms with Crippen molar-refractivity contribution in [3.63, 3.8) is 0 Å². The van der Waals surface area contributed by atoms with Gasteiger partial charge in [0.25, 0.3) is 0 Å². The van der Waals surface area contributed by atoms with E-state index in [1.165, 1.54) is 0 Å². The quantitative estimate of drug-likeness (QED) is 0.821. The second kappa shape index (κ2) is 6.47. The van der Waals surface area contributed by atoms with Crippen molar-refractivity contribution >= 4 is 11.6 Å². The lowest BCUT2D eigenvalue weighted by Crippen LogP contribution is -2.41. The van der Waals surface area contributed by atoms with Gasteiger partial charge in [0.1, 0.15) is 11.5 Å². The van der Waals surface area contributed by atoms with Crippen molar-refractivity contribution in [3.8, 4) is 11.5 Å². The van der Waals surface area contributed by atoms with Gasteiger partial charge in [0, 0.05) is 24.7 Å². The molecule has 1 aliphatic heterocycles. The molecule has 2 rings (SSSR count). The topological polar surface area (TPSA) is 74.0 Å². The molecule has 2 N–H and O–H groups in total. The van der Waals surface area contributed by atoms with Crippen molar-refractivity contribution in [1.82, 2.24) is 4.90 Å². The molecular weight excluding hydrogens is 260 g/mol. The number of anilines is 1. The van der Waals surface area contributed by atoms with Crippen LogP contribution in [0.15, 0.2) is 12.1 Å². The molecule has 1 aliphatic rings. The van der Waals surface area contributed by atoms with Crippen molar-refractivity contribution < 1.29 is 19.0 Å². The number of nitrogens with zero attached hydrogens (tertiary/aromatic N) is 1. The number of rotatable bonds is 4. The highest BCUT2D eigenvalue weighted by atomic mass is 16.5. The molecule has 6 heteroatoms. The molecule has 1 saturated heterocycles. The highest BCUT2D eigenvalue weighted by Gasteiger charge is 2.19. The zero-order valence-electron chi connectivity index (χ0n) is 11.8. The highest BCUT2D eigenvalue weighted by Crippen LogP contribution is 2.31. The monoisotopic (exact) mass is 280 g/mol. The van der Waals surface area contributed by atoms with Crippen molar-refractivity contribution in [2.24, 2.45) is 0 Å². The van der Waals surface area contributed by atoms with E-state index in [4.69, 9.17) is 19.9 Å². The summed E-state index contributed by atoms with van der Waals surface area (Å²) < 4.78 is 15.7. The van der Waals surface area contributed by atoms with Crippen LogP contribution in [0.2, 0.25) is 0 Å². The fraction of sp³-hybridized carbons (Fsp3) is 0.500. The lowest BCUT2D eigenvalue weighted by molar-refractivity contribution is -0.134. The maximum Gasteiger partial charge on any atom is 0.227 e. The van der Waals surface area contributed by atoms with Crippen LogP contribution in [0.3, 0.4) is 0 Å². The van der Waals surface area contributed by atoms with Gasteiger partial charge in [-0.15, -0.1) is 0 Å². The first-order valence-corrected chi connectivity index (χ1v) is 6.51. The summed E-state index contributed by atoms with van der Waals surface area (Å²) >= 11 is 0. The SMILES string of the molecule is COc1cc(CC(=O)N2CCOCC2)c(OC)cc1N. The summed E-state index contributed by atoms with van der Waals surface area (Å²) in [5.74, 6) is 1.21. The second-order valence-electron chi connectivity index (χ2n) is 4.58. The maximum atomic E-state index is 12.3. The Balaban J connectivity index is 2.16. The fourth-order valence-corrected chi connectivity index (χ4v) is 2.21. The molecule has 1 aromatic carbocycles. The summed E-state index contributed by atoms with van der Waals surface area (Å²) in [5.41, 5.74) is 7.10. The average molecular weight is 280 g/mol. The van der Waals surface area contributed by atoms with Gasteiger partial charge < -0.3 is 24.8 Å². The van der Waals surface area contributed by atoms with E-state index < -0.39 is 0 Å². The Labute approximate surface area is 118 Å². The molecule has 0 radical (unpaired) electrons. The van der Waals surface area contributed by atoms with Crippen molar-refractivity contribution in [2.45, 2.75) is 6.42 Å². The predicted octanol–water partition coefficient (Wildman–Crippen LogP) is 0.687. The van der Waals surface area contributed by atoms with Gasteiger partial charge in [-0.25, -0.2) is 0 Å². The third-order valence-corrected chi connectivity index (χ3v) is 3.34. The van der Waals surface area contributed by atoms with Gasteiger partial charge in [0.15, 0.2) is 0 Å². The number of hydrogen-bond acceptors (Lipinski definition) is 5. The molecule has 0 saturated carbocycles. The summed E-state index contributed by atoms with van der Waals surface area (Å²) in [6, 6.07) is 3.44. The third kappa shape index (κ3) is 3.14. The zero-order chi connectivity index (χ0) is 14.5. The number of methoxy groups -OCH3 is 2. The molecule has 0 spiro atoms. The number of nitrogen functional groups attached to an aromatic ring is 1. The Kier molecular flexibility index (Phi) is 4.68. The van der Waals surface area contributed by atoms with E-state index in [0.717, 1.165) is 5.56 Å². The molecule has 20 heavy (non-hydrogen) atoms. The lowest BCUT2D eigenvalue weighted by Gasteiger charge is -2.27. The molecule has 110 valence electrons. The predicted molar refractivity (Wildman–Crippen MR) is 75.1 cm³/mol. The Morgan fingerprint density at radius 1 is 1.25 bits per heavy atom. The van der Waals surface area contributed by atoms with E-state index in [2.05, 4.69) is 0 Å². The van der Waals surface area contributed by atoms with Crippen LogP contribution in [0.1, 0.15) is 5.56 Å². The van der Waals surface area contributed by atoms with Crippen LogP contribution in [0.25, 0.3) is 0 Å². The molecule has 0 bridgehead atoms. The van der Waals surface area contributed by atoms with Gasteiger partial charge in [0.2, 0.25) is 5.91 Å². The first-order valence-electron chi connectivity index (χ1n) is 6.51. The van der Waals surface area contributed by atoms with Crippen molar-refractivity contribution in [3.05, 3.63) is 17.7 Å². The molecular formula is C14H20N2O4. The van der Waals surface area contributed by atoms with E-state index in [1.807, 2.05) is 0 Å². The molecule has 1 heterocycles. The number of hydrogen-bond donors (Lipinski definition) is 1. The summed E-state index contributed by atoms with van der Waals surface area (Å²) in [7, 11) is 3.11. The number of carbonyl (C=O) groups excluding carboxylic acids is 1. The first-order chi connectivity index (χ1) is 9.65. The molecule has 1 aromatic rings. The Hall–Kier alpha value is -1.95. The Morgan fingerprint density at radius 3 is 2.50 bits per heavy atom. The van der Waals surface area contributed by atoms with E-state index in [0.29, 0.717) is 43.5 Å². The van der Waals surface area contributed by atoms with Gasteiger partial charge in [-0.3, -0.25) is 4.79 Å². The first kappa shape index (κ1) is 14.5. The van der Waals surface area contributed by atoms with Crippen LogP contribution in [0.5, 0.6) is 11.5 Å². The molecule has 6 nitrogen and oxygen atoms in total. The minimum atomic E-state index is 0.0541. The maximum absolute atomic E-state index is 12.3. The lowest BCUT2D eigenvalue weighted by atomic mass is 10.1. The molecule has 0 unspecified atom stereocenters. The Bertz CT molecular complexity index is 484. The number of carbonyl (C=O) groups is 1. The highest BCUT2D eigenvalue weighted by molar-refractivity contribution is 5.80. The molecule has 1 amide bonds. The van der Waals surface area contributed by atoms with E-state index in [1.54, 1.807) is 31.3 Å². The fourth-order valence-electron chi connectivity index (χ4n) is 2.21. The number of nitrogens with two attached hydrogens (primary N) is 1. The number of morpholine rings is 1. The van der Waals surface area contributed by atoms with E-state index in [-0.39, 0.29) is 12.3 Å². The number of amides is 1. The smallest absolute Gasteiger partial charge is 0.227 e. The third-order valence-electron chi connectivity index (χ3n) is 3.34. The van der Waals surface area contributed by atoms with Crippen LogP contribution in [-0.2, 0) is 16.0 Å². The van der Waals surface area contributed by atoms with Crippen molar-refractivity contribution in [1.29, 1.82) is 0 Å². The van der Waals surface area contributed by atoms with Gasteiger partial charge in [-0.2, -0.15) is 0 Å². The van der Waals surface area contributed by atoms with Crippen LogP contribution >= 0.6 is 0 Å². The molecule has 0 atom stereocenters. The van der Waals surface area contributed by atoms with Gasteiger partial charge in [-0.05, 0) is 6.07 Å². The number of ether oxygens (including phenoxy) is 3. The summed E-state index contributed by atoms with van der Waals surface area (Å²) in [5, 5.41) is 0. The normalized spacial score (nSPS) is 15.0. The van der Waals surface area contributed by atoms with Crippen LogP contribution in [-0.4, -0.2) is 51.3 Å². The van der Waals surface area contributed by atoms with E-state index in [9.17, 15) is 4.79 Å². The summed E-state index contributed by atoms with van der Waals surface area (Å²) in [4.78, 5) is 14.1. The van der Waals surface area contributed by atoms with Crippen molar-refractivity contribution in [2.75, 3.05) is 46.3 Å². The van der Waals surface area contributed by atoms with Gasteiger partial charge >= 0.3 is 0 Å². The summed E-state index contributed by atoms with van der Waals surface area (Å²) in [6.45, 7) is 2.45. The largest absolute Gasteiger partial charge is 0.496 e. The van der Waals surface area contributed by atoms with E-state index >= 15 is 0 Å². The zero-order valence-corrected chi connectivity index (χ0v) is 11.8. The van der Waals surface area contributed by atoms with Crippen LogP contribution in [0, 0.1) is 0 Å². The molecule has 0 aromatic heterocycles. The molecule has 0 aliphatic carbocycles. The minimum absolute atomic E-state index is 0.0541. The van der Waals surface area contributed by atoms with Gasteiger partial charge in [-0.1, -0.05) is 0 Å². The average Bonchev–Trinajstić information content (AvgIpc) is 2.49. The number of benzene rings is 1. The summed E-state index contributed by atoms with van der Waals surface area (Å²) in [6.07, 6.45) is 0.264. The van der Waals surface area contributed by atoms with Crippen LogP contribution < -0.4 is 15.2 Å². The minimum Gasteiger partial charge on any atom is -0.496 e. The standard InChI is InChI=1S/C14H20N2O4/c1-18-12-9-11(15)13(19-2)7-10(12)8-14(17)16-3-5-20-6-4-16/h7,9H,3-6,8,15H2,1-2H3. The Morgan fingerprint density at radius 2 is 1.90 bits per heavy atom. The molecule has 1 fully saturated rings. The second-order valence-corrected chi connectivity index (χ2v) is 4.58. The van der Waals surface area contributed by atoms with Crippen LogP contribution in [0.4, 0.5) is 5.69 Å².